The van der Waals surface area contributed by atoms with Crippen LogP contribution in [-0.4, -0.2) is 9.78 Å². The fourth-order valence-corrected chi connectivity index (χ4v) is 2.50. The van der Waals surface area contributed by atoms with Gasteiger partial charge in [0, 0.05) is 18.7 Å². The van der Waals surface area contributed by atoms with Gasteiger partial charge in [0.25, 0.3) is 0 Å². The predicted molar refractivity (Wildman–Crippen MR) is 87.3 cm³/mol. The summed E-state index contributed by atoms with van der Waals surface area (Å²) < 4.78 is 104. The monoisotopic (exact) mass is 421 g/mol. The van der Waals surface area contributed by atoms with E-state index in [1.165, 1.54) is 18.2 Å². The third-order valence-corrected chi connectivity index (χ3v) is 3.89. The van der Waals surface area contributed by atoms with E-state index in [0.717, 1.165) is 18.2 Å². The van der Waals surface area contributed by atoms with Crippen LogP contribution in [0.5, 0.6) is 0 Å². The Hall–Kier alpha value is -3.11. The molecule has 1 N–H and O–H groups in total. The summed E-state index contributed by atoms with van der Waals surface area (Å²) in [6.07, 6.45) is -10.1. The molecule has 0 radical (unpaired) electrons. The molecule has 3 aromatic rings. The van der Waals surface area contributed by atoms with Crippen LogP contribution in [0.4, 0.5) is 40.8 Å². The molecule has 0 fully saturated rings. The Morgan fingerprint density at radius 2 is 1.48 bits per heavy atom. The maximum atomic E-state index is 13.6. The summed E-state index contributed by atoms with van der Waals surface area (Å²) in [7, 11) is 0. The zero-order chi connectivity index (χ0) is 21.4. The van der Waals surface area contributed by atoms with Crippen molar-refractivity contribution in [3.8, 4) is 5.69 Å². The molecule has 0 saturated heterocycles. The second-order valence-corrected chi connectivity index (χ2v) is 5.97. The van der Waals surface area contributed by atoms with Gasteiger partial charge in [0.1, 0.15) is 17.3 Å². The van der Waals surface area contributed by atoms with E-state index in [9.17, 15) is 35.1 Å². The molecule has 0 unspecified atom stereocenters. The van der Waals surface area contributed by atoms with Gasteiger partial charge in [-0.05, 0) is 29.8 Å². The molecule has 0 bridgehead atoms. The van der Waals surface area contributed by atoms with E-state index in [1.54, 1.807) is 0 Å². The summed E-state index contributed by atoms with van der Waals surface area (Å²) in [6, 6.07) is 7.84. The van der Waals surface area contributed by atoms with Crippen molar-refractivity contribution in [1.29, 1.82) is 0 Å². The summed E-state index contributed by atoms with van der Waals surface area (Å²) in [6.45, 7) is 0.0435. The minimum atomic E-state index is -5.04. The van der Waals surface area contributed by atoms with Gasteiger partial charge in [-0.3, -0.25) is 0 Å². The number of rotatable bonds is 4. The number of aromatic nitrogens is 2. The molecule has 11 heteroatoms. The first-order valence-electron chi connectivity index (χ1n) is 7.98. The van der Waals surface area contributed by atoms with E-state index in [2.05, 4.69) is 10.4 Å². The van der Waals surface area contributed by atoms with Crippen molar-refractivity contribution in [1.82, 2.24) is 9.78 Å². The molecular formula is C18H11F8N3. The minimum absolute atomic E-state index is 0.0109. The number of nitrogens with zero attached hydrogens (tertiary/aromatic N) is 2. The molecule has 1 heterocycles. The molecular weight excluding hydrogens is 410 g/mol. The van der Waals surface area contributed by atoms with Gasteiger partial charge in [0.15, 0.2) is 5.69 Å². The average molecular weight is 421 g/mol. The Bertz CT molecular complexity index is 1000. The van der Waals surface area contributed by atoms with Crippen LogP contribution in [0.1, 0.15) is 17.0 Å². The third-order valence-electron chi connectivity index (χ3n) is 3.89. The summed E-state index contributed by atoms with van der Waals surface area (Å²) in [4.78, 5) is 0. The van der Waals surface area contributed by atoms with Gasteiger partial charge >= 0.3 is 12.4 Å². The number of halogens is 8. The molecule has 3 nitrogen and oxygen atoms in total. The van der Waals surface area contributed by atoms with Crippen molar-refractivity contribution in [2.75, 3.05) is 5.32 Å². The number of benzene rings is 2. The molecule has 3 rings (SSSR count). The van der Waals surface area contributed by atoms with Crippen molar-refractivity contribution >= 4 is 5.69 Å². The van der Waals surface area contributed by atoms with Gasteiger partial charge in [0.05, 0.1) is 11.4 Å². The highest BCUT2D eigenvalue weighted by molar-refractivity contribution is 5.46. The van der Waals surface area contributed by atoms with E-state index in [-0.39, 0.29) is 28.7 Å². The Balaban J connectivity index is 1.84. The van der Waals surface area contributed by atoms with E-state index < -0.39 is 35.4 Å². The summed E-state index contributed by atoms with van der Waals surface area (Å²) in [5, 5.41) is 5.71. The lowest BCUT2D eigenvalue weighted by Crippen LogP contribution is -2.13. The number of alkyl halides is 6. The highest BCUT2D eigenvalue weighted by Gasteiger charge is 2.42. The first-order valence-corrected chi connectivity index (χ1v) is 7.98. The van der Waals surface area contributed by atoms with E-state index in [4.69, 9.17) is 0 Å². The molecule has 0 amide bonds. The molecule has 0 saturated carbocycles. The highest BCUT2D eigenvalue weighted by atomic mass is 19.4. The van der Waals surface area contributed by atoms with Crippen LogP contribution in [0, 0.1) is 11.6 Å². The quantitative estimate of drug-likeness (QED) is 0.540. The largest absolute Gasteiger partial charge is 0.435 e. The zero-order valence-corrected chi connectivity index (χ0v) is 14.2. The fourth-order valence-electron chi connectivity index (χ4n) is 2.50. The highest BCUT2D eigenvalue weighted by Crippen LogP contribution is 2.36. The molecule has 0 aliphatic carbocycles. The molecule has 1 aromatic heterocycles. The van der Waals surface area contributed by atoms with Gasteiger partial charge in [-0.25, -0.2) is 13.5 Å². The van der Waals surface area contributed by atoms with Crippen LogP contribution in [-0.2, 0) is 18.9 Å². The normalized spacial score (nSPS) is 12.3. The lowest BCUT2D eigenvalue weighted by atomic mass is 10.2. The number of hydrogen-bond acceptors (Lipinski definition) is 2. The van der Waals surface area contributed by atoms with Crippen molar-refractivity contribution in [3.63, 3.8) is 0 Å². The number of hydrogen-bond donors (Lipinski definition) is 1. The van der Waals surface area contributed by atoms with Crippen LogP contribution in [0.2, 0.25) is 0 Å². The second kappa shape index (κ2) is 7.37. The molecule has 0 aliphatic rings. The van der Waals surface area contributed by atoms with Gasteiger partial charge in [-0.1, -0.05) is 12.1 Å². The minimum Gasteiger partial charge on any atom is -0.379 e. The molecule has 0 atom stereocenters. The fraction of sp³-hybridized carbons (Fsp3) is 0.167. The van der Waals surface area contributed by atoms with Gasteiger partial charge in [-0.2, -0.15) is 31.4 Å². The Morgan fingerprint density at radius 3 is 2.03 bits per heavy atom. The van der Waals surface area contributed by atoms with Crippen LogP contribution >= 0.6 is 0 Å². The van der Waals surface area contributed by atoms with Crippen LogP contribution < -0.4 is 5.32 Å². The Morgan fingerprint density at radius 1 is 0.828 bits per heavy atom. The molecule has 29 heavy (non-hydrogen) atoms. The van der Waals surface area contributed by atoms with Crippen molar-refractivity contribution in [3.05, 3.63) is 77.1 Å². The number of anilines is 1. The lowest BCUT2D eigenvalue weighted by molar-refractivity contribution is -0.143. The summed E-state index contributed by atoms with van der Waals surface area (Å²) in [5.74, 6) is -1.58. The van der Waals surface area contributed by atoms with Crippen molar-refractivity contribution in [2.24, 2.45) is 0 Å². The topological polar surface area (TPSA) is 29.9 Å². The standard InChI is InChI=1S/C18H11F8N3/c19-11-3-6-14(13(20)7-11)27-9-10-1-4-12(5-2-10)29-16(18(24,25)26)8-15(28-29)17(21,22)23/h1-8,27H,9H2. The summed E-state index contributed by atoms with van der Waals surface area (Å²) >= 11 is 0. The van der Waals surface area contributed by atoms with Crippen molar-refractivity contribution in [2.45, 2.75) is 18.9 Å². The zero-order valence-electron chi connectivity index (χ0n) is 14.2. The average Bonchev–Trinajstić information content (AvgIpc) is 3.08. The lowest BCUT2D eigenvalue weighted by Gasteiger charge is -2.11. The molecule has 2 aromatic carbocycles. The Labute approximate surface area is 158 Å². The van der Waals surface area contributed by atoms with E-state index in [0.29, 0.717) is 11.6 Å². The predicted octanol–water partition coefficient (Wildman–Crippen LogP) is 5.80. The Kier molecular flexibility index (Phi) is 5.24. The smallest absolute Gasteiger partial charge is 0.379 e. The molecule has 0 spiro atoms. The van der Waals surface area contributed by atoms with Crippen LogP contribution in [0.25, 0.3) is 5.69 Å². The third kappa shape index (κ3) is 4.66. The van der Waals surface area contributed by atoms with Crippen LogP contribution in [0.3, 0.4) is 0 Å². The van der Waals surface area contributed by atoms with Gasteiger partial charge in [0.2, 0.25) is 0 Å². The molecule has 154 valence electrons. The van der Waals surface area contributed by atoms with E-state index in [1.807, 2.05) is 0 Å². The maximum Gasteiger partial charge on any atom is 0.435 e. The van der Waals surface area contributed by atoms with E-state index >= 15 is 0 Å². The molecule has 0 aliphatic heterocycles. The van der Waals surface area contributed by atoms with Crippen LogP contribution in [0.15, 0.2) is 48.5 Å². The van der Waals surface area contributed by atoms with Gasteiger partial charge < -0.3 is 5.32 Å². The number of nitrogens with one attached hydrogen (secondary N) is 1. The SMILES string of the molecule is Fc1ccc(NCc2ccc(-n3nc(C(F)(F)F)cc3C(F)(F)F)cc2)c(F)c1. The first kappa shape index (κ1) is 20.6. The van der Waals surface area contributed by atoms with Gasteiger partial charge in [-0.15, -0.1) is 0 Å². The second-order valence-electron chi connectivity index (χ2n) is 5.97. The van der Waals surface area contributed by atoms with Crippen molar-refractivity contribution < 1.29 is 35.1 Å². The maximum absolute atomic E-state index is 13.6. The first-order chi connectivity index (χ1) is 13.4. The summed E-state index contributed by atoms with van der Waals surface area (Å²) in [5.41, 5.74) is -2.96.